The first-order chi connectivity index (χ1) is 13.1. The van der Waals surface area contributed by atoms with Crippen molar-refractivity contribution >= 4 is 23.5 Å². The summed E-state index contributed by atoms with van der Waals surface area (Å²) in [6.45, 7) is 6.07. The monoisotopic (exact) mass is 372 g/mol. The Bertz CT molecular complexity index is 686. The molecular weight excluding hydrogens is 344 g/mol. The molecule has 1 aromatic heterocycles. The maximum absolute atomic E-state index is 12.5. The average molecular weight is 372 g/mol. The number of anilines is 2. The molecule has 8 heteroatoms. The Labute approximate surface area is 159 Å². The van der Waals surface area contributed by atoms with Crippen LogP contribution in [0.3, 0.4) is 0 Å². The van der Waals surface area contributed by atoms with Crippen molar-refractivity contribution < 1.29 is 9.59 Å². The van der Waals surface area contributed by atoms with Crippen molar-refractivity contribution in [2.24, 2.45) is 0 Å². The third kappa shape index (κ3) is 3.84. The van der Waals surface area contributed by atoms with Crippen molar-refractivity contribution in [2.75, 3.05) is 42.5 Å². The van der Waals surface area contributed by atoms with Crippen molar-refractivity contribution in [1.82, 2.24) is 20.4 Å². The molecule has 0 bridgehead atoms. The SMILES string of the molecule is CC1CCCCN1c1ccc(N2CCN(C(=O)C3CCC(=O)N3)CC2)nn1. The van der Waals surface area contributed by atoms with Crippen LogP contribution in [0.2, 0.25) is 0 Å². The van der Waals surface area contributed by atoms with Crippen LogP contribution in [0, 0.1) is 0 Å². The Morgan fingerprint density at radius 1 is 1.04 bits per heavy atom. The predicted octanol–water partition coefficient (Wildman–Crippen LogP) is 0.783. The van der Waals surface area contributed by atoms with Crippen LogP contribution in [0.15, 0.2) is 12.1 Å². The number of amides is 2. The summed E-state index contributed by atoms with van der Waals surface area (Å²) in [7, 11) is 0. The molecule has 2 unspecified atom stereocenters. The number of aromatic nitrogens is 2. The molecule has 0 aromatic carbocycles. The number of carbonyl (C=O) groups excluding carboxylic acids is 2. The molecule has 3 aliphatic rings. The van der Waals surface area contributed by atoms with Crippen LogP contribution in [0.25, 0.3) is 0 Å². The third-order valence-corrected chi connectivity index (χ3v) is 5.94. The van der Waals surface area contributed by atoms with Crippen molar-refractivity contribution in [1.29, 1.82) is 0 Å². The van der Waals surface area contributed by atoms with Gasteiger partial charge < -0.3 is 20.0 Å². The lowest BCUT2D eigenvalue weighted by molar-refractivity contribution is -0.134. The Morgan fingerprint density at radius 3 is 2.41 bits per heavy atom. The smallest absolute Gasteiger partial charge is 0.245 e. The molecule has 3 saturated heterocycles. The zero-order valence-corrected chi connectivity index (χ0v) is 15.9. The zero-order chi connectivity index (χ0) is 18.8. The highest BCUT2D eigenvalue weighted by molar-refractivity contribution is 5.90. The number of nitrogens with zero attached hydrogens (tertiary/aromatic N) is 5. The third-order valence-electron chi connectivity index (χ3n) is 5.94. The van der Waals surface area contributed by atoms with Crippen LogP contribution in [0.5, 0.6) is 0 Å². The van der Waals surface area contributed by atoms with Crippen molar-refractivity contribution in [3.8, 4) is 0 Å². The molecule has 0 spiro atoms. The van der Waals surface area contributed by atoms with E-state index in [0.29, 0.717) is 32.0 Å². The molecule has 4 heterocycles. The van der Waals surface area contributed by atoms with Crippen molar-refractivity contribution in [3.63, 3.8) is 0 Å². The minimum absolute atomic E-state index is 0.0228. The van der Waals surface area contributed by atoms with Gasteiger partial charge in [0.05, 0.1) is 0 Å². The molecule has 0 saturated carbocycles. The molecule has 4 rings (SSSR count). The number of nitrogens with one attached hydrogen (secondary N) is 1. The van der Waals surface area contributed by atoms with Gasteiger partial charge in [-0.1, -0.05) is 0 Å². The van der Waals surface area contributed by atoms with Gasteiger partial charge in [-0.25, -0.2) is 0 Å². The number of piperazine rings is 1. The summed E-state index contributed by atoms with van der Waals surface area (Å²) in [5.41, 5.74) is 0. The number of hydrogen-bond acceptors (Lipinski definition) is 6. The van der Waals surface area contributed by atoms with E-state index >= 15 is 0 Å². The largest absolute Gasteiger partial charge is 0.352 e. The van der Waals surface area contributed by atoms with Crippen LogP contribution in [-0.2, 0) is 9.59 Å². The molecular formula is C19H28N6O2. The maximum atomic E-state index is 12.5. The van der Waals surface area contributed by atoms with E-state index in [1.807, 2.05) is 11.0 Å². The molecule has 2 atom stereocenters. The van der Waals surface area contributed by atoms with Crippen LogP contribution >= 0.6 is 0 Å². The molecule has 0 aliphatic carbocycles. The van der Waals surface area contributed by atoms with E-state index in [0.717, 1.165) is 31.3 Å². The van der Waals surface area contributed by atoms with Gasteiger partial charge in [-0.05, 0) is 44.7 Å². The van der Waals surface area contributed by atoms with Gasteiger partial charge in [-0.3, -0.25) is 9.59 Å². The first-order valence-electron chi connectivity index (χ1n) is 10.1. The normalized spacial score (nSPS) is 26.3. The highest BCUT2D eigenvalue weighted by atomic mass is 16.2. The first-order valence-corrected chi connectivity index (χ1v) is 10.1. The van der Waals surface area contributed by atoms with Gasteiger partial charge in [0, 0.05) is 45.2 Å². The zero-order valence-electron chi connectivity index (χ0n) is 15.9. The van der Waals surface area contributed by atoms with Gasteiger partial charge >= 0.3 is 0 Å². The van der Waals surface area contributed by atoms with Crippen LogP contribution in [-0.4, -0.2) is 71.7 Å². The molecule has 3 aliphatic heterocycles. The fourth-order valence-electron chi connectivity index (χ4n) is 4.25. The second-order valence-electron chi connectivity index (χ2n) is 7.76. The molecule has 2 amide bonds. The van der Waals surface area contributed by atoms with E-state index in [2.05, 4.69) is 38.3 Å². The van der Waals surface area contributed by atoms with Gasteiger partial charge in [0.1, 0.15) is 6.04 Å². The summed E-state index contributed by atoms with van der Waals surface area (Å²) >= 11 is 0. The van der Waals surface area contributed by atoms with Crippen LogP contribution < -0.4 is 15.1 Å². The Hall–Kier alpha value is -2.38. The van der Waals surface area contributed by atoms with Gasteiger partial charge in [0.15, 0.2) is 11.6 Å². The highest BCUT2D eigenvalue weighted by Crippen LogP contribution is 2.24. The predicted molar refractivity (Wildman–Crippen MR) is 103 cm³/mol. The number of hydrogen-bond donors (Lipinski definition) is 1. The van der Waals surface area contributed by atoms with E-state index in [1.54, 1.807) is 0 Å². The lowest BCUT2D eigenvalue weighted by Crippen LogP contribution is -2.53. The fraction of sp³-hybridized carbons (Fsp3) is 0.684. The summed E-state index contributed by atoms with van der Waals surface area (Å²) in [5, 5.41) is 11.7. The Balaban J connectivity index is 1.33. The van der Waals surface area contributed by atoms with Crippen LogP contribution in [0.4, 0.5) is 11.6 Å². The molecule has 0 radical (unpaired) electrons. The first kappa shape index (κ1) is 18.0. The molecule has 3 fully saturated rings. The standard InChI is InChI=1S/C19H28N6O2/c1-14-4-2-3-9-25(14)17-7-6-16(21-22-17)23-10-12-24(13-11-23)19(27)15-5-8-18(26)20-15/h6-7,14-15H,2-5,8-13H2,1H3,(H,20,26). The summed E-state index contributed by atoms with van der Waals surface area (Å²) in [5.74, 6) is 1.84. The van der Waals surface area contributed by atoms with E-state index in [9.17, 15) is 9.59 Å². The Morgan fingerprint density at radius 2 is 1.78 bits per heavy atom. The Kier molecular flexibility index (Phi) is 5.13. The van der Waals surface area contributed by atoms with Gasteiger partial charge in [0.2, 0.25) is 11.8 Å². The minimum atomic E-state index is -0.338. The lowest BCUT2D eigenvalue weighted by atomic mass is 10.0. The van der Waals surface area contributed by atoms with E-state index in [-0.39, 0.29) is 17.9 Å². The summed E-state index contributed by atoms with van der Waals surface area (Å²) in [6, 6.07) is 4.29. The molecule has 146 valence electrons. The van der Waals surface area contributed by atoms with Gasteiger partial charge in [0.25, 0.3) is 0 Å². The number of rotatable bonds is 3. The molecule has 1 N–H and O–H groups in total. The second-order valence-corrected chi connectivity index (χ2v) is 7.76. The van der Waals surface area contributed by atoms with Crippen molar-refractivity contribution in [3.05, 3.63) is 12.1 Å². The molecule has 8 nitrogen and oxygen atoms in total. The second kappa shape index (κ2) is 7.70. The van der Waals surface area contributed by atoms with Gasteiger partial charge in [-0.2, -0.15) is 0 Å². The summed E-state index contributed by atoms with van der Waals surface area (Å²) < 4.78 is 0. The van der Waals surface area contributed by atoms with E-state index < -0.39 is 0 Å². The van der Waals surface area contributed by atoms with Crippen LogP contribution in [0.1, 0.15) is 39.0 Å². The number of carbonyl (C=O) groups is 2. The van der Waals surface area contributed by atoms with E-state index in [4.69, 9.17) is 0 Å². The highest BCUT2D eigenvalue weighted by Gasteiger charge is 2.32. The lowest BCUT2D eigenvalue weighted by Gasteiger charge is -2.37. The molecule has 1 aromatic rings. The summed E-state index contributed by atoms with van der Waals surface area (Å²) in [4.78, 5) is 30.2. The maximum Gasteiger partial charge on any atom is 0.245 e. The van der Waals surface area contributed by atoms with E-state index in [1.165, 1.54) is 19.3 Å². The van der Waals surface area contributed by atoms with Gasteiger partial charge in [-0.15, -0.1) is 10.2 Å². The quantitative estimate of drug-likeness (QED) is 0.845. The summed E-state index contributed by atoms with van der Waals surface area (Å²) in [6.07, 6.45) is 4.77. The molecule has 27 heavy (non-hydrogen) atoms. The average Bonchev–Trinajstić information content (AvgIpc) is 3.14. The minimum Gasteiger partial charge on any atom is -0.352 e. The number of piperidine rings is 1. The topological polar surface area (TPSA) is 81.7 Å². The fourth-order valence-corrected chi connectivity index (χ4v) is 4.25. The van der Waals surface area contributed by atoms with Crippen molar-refractivity contribution in [2.45, 2.75) is 51.1 Å².